The minimum Gasteiger partial charge on any atom is -0.378 e. The standard InChI is InChI=1S/C21H28N6O2S/c1-14-7-6-8-16(13-14)27-19(26-9-11-28-12-10-26)23-24-20(27)30-15(2)17-22-18(25-29-17)21(3,4)5/h6-8,13,15H,9-12H2,1-5H3/t15-/m0/s1. The summed E-state index contributed by atoms with van der Waals surface area (Å²) < 4.78 is 13.2. The Labute approximate surface area is 181 Å². The number of thioether (sulfide) groups is 1. The van der Waals surface area contributed by atoms with Crippen molar-refractivity contribution in [2.75, 3.05) is 31.2 Å². The first-order chi connectivity index (χ1) is 14.3. The van der Waals surface area contributed by atoms with Crippen LogP contribution in [-0.4, -0.2) is 51.2 Å². The van der Waals surface area contributed by atoms with Crippen molar-refractivity contribution in [1.29, 1.82) is 0 Å². The third-order valence-electron chi connectivity index (χ3n) is 4.91. The quantitative estimate of drug-likeness (QED) is 0.565. The van der Waals surface area contributed by atoms with Crippen LogP contribution in [0.5, 0.6) is 0 Å². The van der Waals surface area contributed by atoms with Gasteiger partial charge in [0.2, 0.25) is 11.8 Å². The summed E-state index contributed by atoms with van der Waals surface area (Å²) in [5.41, 5.74) is 2.07. The van der Waals surface area contributed by atoms with Gasteiger partial charge in [0, 0.05) is 18.5 Å². The van der Waals surface area contributed by atoms with Gasteiger partial charge in [0.25, 0.3) is 0 Å². The van der Waals surface area contributed by atoms with Crippen LogP contribution in [0.3, 0.4) is 0 Å². The predicted octanol–water partition coefficient (Wildman–Crippen LogP) is 3.95. The third kappa shape index (κ3) is 4.37. The number of morpholine rings is 1. The van der Waals surface area contributed by atoms with Gasteiger partial charge in [0.1, 0.15) is 0 Å². The van der Waals surface area contributed by atoms with Gasteiger partial charge in [0.15, 0.2) is 11.0 Å². The normalized spacial score (nSPS) is 16.1. The molecule has 1 aliphatic rings. The molecule has 0 unspecified atom stereocenters. The van der Waals surface area contributed by atoms with Crippen LogP contribution in [-0.2, 0) is 10.2 Å². The first-order valence-corrected chi connectivity index (χ1v) is 11.1. The molecule has 3 aromatic rings. The molecule has 0 radical (unpaired) electrons. The van der Waals surface area contributed by atoms with Crippen LogP contribution >= 0.6 is 11.8 Å². The van der Waals surface area contributed by atoms with Crippen molar-refractivity contribution in [3.05, 3.63) is 41.5 Å². The van der Waals surface area contributed by atoms with E-state index in [0.717, 1.165) is 29.9 Å². The van der Waals surface area contributed by atoms with Crippen LogP contribution in [0.2, 0.25) is 0 Å². The maximum Gasteiger partial charge on any atom is 0.239 e. The van der Waals surface area contributed by atoms with E-state index in [1.54, 1.807) is 11.8 Å². The van der Waals surface area contributed by atoms with Gasteiger partial charge >= 0.3 is 0 Å². The summed E-state index contributed by atoms with van der Waals surface area (Å²) in [5, 5.41) is 14.0. The zero-order valence-electron chi connectivity index (χ0n) is 18.1. The van der Waals surface area contributed by atoms with Gasteiger partial charge in [-0.1, -0.05) is 49.8 Å². The molecular formula is C21H28N6O2S. The minimum atomic E-state index is -0.156. The molecule has 0 spiro atoms. The summed E-state index contributed by atoms with van der Waals surface area (Å²) in [6.07, 6.45) is 0. The summed E-state index contributed by atoms with van der Waals surface area (Å²) in [4.78, 5) is 6.83. The van der Waals surface area contributed by atoms with Gasteiger partial charge in [-0.3, -0.25) is 4.57 Å². The second-order valence-electron chi connectivity index (χ2n) is 8.52. The van der Waals surface area contributed by atoms with Gasteiger partial charge in [-0.05, 0) is 31.5 Å². The number of rotatable bonds is 5. The van der Waals surface area contributed by atoms with E-state index in [2.05, 4.69) is 81.8 Å². The molecule has 8 nitrogen and oxygen atoms in total. The van der Waals surface area contributed by atoms with Crippen molar-refractivity contribution in [2.45, 2.75) is 50.4 Å². The zero-order chi connectivity index (χ0) is 21.3. The van der Waals surface area contributed by atoms with Gasteiger partial charge in [0.05, 0.1) is 24.2 Å². The summed E-state index contributed by atoms with van der Waals surface area (Å²) in [7, 11) is 0. The Bertz CT molecular complexity index is 1000. The number of hydrogen-bond donors (Lipinski definition) is 0. The number of aryl methyl sites for hydroxylation is 1. The van der Waals surface area contributed by atoms with Crippen molar-refractivity contribution in [3.63, 3.8) is 0 Å². The minimum absolute atomic E-state index is 0.0566. The molecule has 0 bridgehead atoms. The fourth-order valence-corrected chi connectivity index (χ4v) is 4.11. The Morgan fingerprint density at radius 1 is 1.13 bits per heavy atom. The van der Waals surface area contributed by atoms with Gasteiger partial charge in [-0.15, -0.1) is 10.2 Å². The maximum atomic E-state index is 5.55. The molecule has 1 saturated heterocycles. The molecule has 1 atom stereocenters. The highest BCUT2D eigenvalue weighted by molar-refractivity contribution is 7.99. The molecule has 0 N–H and O–H groups in total. The van der Waals surface area contributed by atoms with Crippen molar-refractivity contribution in [1.82, 2.24) is 24.9 Å². The zero-order valence-corrected chi connectivity index (χ0v) is 18.9. The third-order valence-corrected chi connectivity index (χ3v) is 5.94. The van der Waals surface area contributed by atoms with Crippen LogP contribution in [0.1, 0.15) is 50.2 Å². The monoisotopic (exact) mass is 428 g/mol. The lowest BCUT2D eigenvalue weighted by atomic mass is 9.96. The molecule has 0 saturated carbocycles. The van der Waals surface area contributed by atoms with E-state index in [4.69, 9.17) is 9.26 Å². The molecule has 9 heteroatoms. The highest BCUT2D eigenvalue weighted by atomic mass is 32.2. The molecule has 0 aliphatic carbocycles. The Kier molecular flexibility index (Phi) is 5.84. The molecule has 1 aliphatic heterocycles. The second-order valence-corrected chi connectivity index (χ2v) is 9.83. The maximum absolute atomic E-state index is 5.55. The number of nitrogens with zero attached hydrogens (tertiary/aromatic N) is 6. The lowest BCUT2D eigenvalue weighted by Crippen LogP contribution is -2.37. The Hall–Kier alpha value is -2.39. The van der Waals surface area contributed by atoms with Crippen LogP contribution in [0.25, 0.3) is 5.69 Å². The number of anilines is 1. The fourth-order valence-electron chi connectivity index (χ4n) is 3.21. The highest BCUT2D eigenvalue weighted by Gasteiger charge is 2.27. The van der Waals surface area contributed by atoms with Crippen LogP contribution < -0.4 is 4.90 Å². The number of benzene rings is 1. The molecule has 3 heterocycles. The molecule has 0 amide bonds. The second kappa shape index (κ2) is 8.39. The molecule has 1 aromatic carbocycles. The Morgan fingerprint density at radius 2 is 1.90 bits per heavy atom. The molecule has 2 aromatic heterocycles. The number of hydrogen-bond acceptors (Lipinski definition) is 8. The van der Waals surface area contributed by atoms with Crippen LogP contribution in [0.4, 0.5) is 5.95 Å². The van der Waals surface area contributed by atoms with Crippen molar-refractivity contribution in [2.24, 2.45) is 0 Å². The molecule has 160 valence electrons. The van der Waals surface area contributed by atoms with E-state index >= 15 is 0 Å². The van der Waals surface area contributed by atoms with E-state index in [1.165, 1.54) is 5.56 Å². The topological polar surface area (TPSA) is 82.1 Å². The summed E-state index contributed by atoms with van der Waals surface area (Å²) in [5.74, 6) is 2.13. The Morgan fingerprint density at radius 3 is 2.57 bits per heavy atom. The van der Waals surface area contributed by atoms with E-state index in [0.29, 0.717) is 24.9 Å². The van der Waals surface area contributed by atoms with E-state index in [-0.39, 0.29) is 10.7 Å². The first kappa shape index (κ1) is 20.9. The average Bonchev–Trinajstić information content (AvgIpc) is 3.36. The largest absolute Gasteiger partial charge is 0.378 e. The first-order valence-electron chi connectivity index (χ1n) is 10.2. The lowest BCUT2D eigenvalue weighted by molar-refractivity contribution is 0.122. The van der Waals surface area contributed by atoms with Gasteiger partial charge < -0.3 is 14.2 Å². The van der Waals surface area contributed by atoms with E-state index in [9.17, 15) is 0 Å². The van der Waals surface area contributed by atoms with Crippen molar-refractivity contribution < 1.29 is 9.26 Å². The molecule has 30 heavy (non-hydrogen) atoms. The molecule has 4 rings (SSSR count). The van der Waals surface area contributed by atoms with Crippen molar-refractivity contribution >= 4 is 17.7 Å². The van der Waals surface area contributed by atoms with Crippen molar-refractivity contribution in [3.8, 4) is 5.69 Å². The van der Waals surface area contributed by atoms with Crippen LogP contribution in [0, 0.1) is 6.92 Å². The predicted molar refractivity (Wildman–Crippen MR) is 116 cm³/mol. The fraction of sp³-hybridized carbons (Fsp3) is 0.524. The summed E-state index contributed by atoms with van der Waals surface area (Å²) >= 11 is 1.57. The van der Waals surface area contributed by atoms with Gasteiger partial charge in [-0.25, -0.2) is 0 Å². The highest BCUT2D eigenvalue weighted by Crippen LogP contribution is 2.37. The van der Waals surface area contributed by atoms with E-state index in [1.807, 2.05) is 6.92 Å². The number of ether oxygens (including phenoxy) is 1. The van der Waals surface area contributed by atoms with E-state index < -0.39 is 0 Å². The average molecular weight is 429 g/mol. The molecular weight excluding hydrogens is 400 g/mol. The Balaban J connectivity index is 1.67. The summed E-state index contributed by atoms with van der Waals surface area (Å²) in [6.45, 7) is 13.3. The number of aromatic nitrogens is 5. The van der Waals surface area contributed by atoms with Crippen LogP contribution in [0.15, 0.2) is 33.9 Å². The lowest BCUT2D eigenvalue weighted by Gasteiger charge is -2.28. The summed E-state index contributed by atoms with van der Waals surface area (Å²) in [6, 6.07) is 8.37. The smallest absolute Gasteiger partial charge is 0.239 e. The SMILES string of the molecule is Cc1cccc(-n2c(S[C@@H](C)c3nc(C(C)(C)C)no3)nnc2N2CCOCC2)c1. The molecule has 1 fully saturated rings. The van der Waals surface area contributed by atoms with Gasteiger partial charge in [-0.2, -0.15) is 4.98 Å².